The third kappa shape index (κ3) is 5.07. The van der Waals surface area contributed by atoms with Gasteiger partial charge in [-0.1, -0.05) is 11.6 Å². The second kappa shape index (κ2) is 8.33. The Balaban J connectivity index is 1.37. The van der Waals surface area contributed by atoms with Crippen molar-refractivity contribution in [2.75, 3.05) is 23.3 Å². The smallest absolute Gasteiger partial charge is 0.353 e. The maximum atomic E-state index is 12.8. The minimum absolute atomic E-state index is 0.0226. The first-order valence-corrected chi connectivity index (χ1v) is 10.1. The molecule has 2 aromatic heterocycles. The number of halogens is 4. The van der Waals surface area contributed by atoms with Crippen LogP contribution in [0.25, 0.3) is 0 Å². The highest BCUT2D eigenvalue weighted by Gasteiger charge is 2.33. The van der Waals surface area contributed by atoms with Gasteiger partial charge in [-0.05, 0) is 37.5 Å². The number of hydrogen-bond donors (Lipinski definition) is 2. The molecule has 2 aliphatic rings. The van der Waals surface area contributed by atoms with E-state index in [4.69, 9.17) is 11.6 Å². The monoisotopic (exact) mass is 453 g/mol. The van der Waals surface area contributed by atoms with Crippen LogP contribution in [0.15, 0.2) is 30.6 Å². The van der Waals surface area contributed by atoms with Crippen molar-refractivity contribution in [3.63, 3.8) is 0 Å². The maximum Gasteiger partial charge on any atom is 0.417 e. The van der Waals surface area contributed by atoms with E-state index < -0.39 is 11.7 Å². The number of amides is 2. The van der Waals surface area contributed by atoms with E-state index >= 15 is 0 Å². The summed E-state index contributed by atoms with van der Waals surface area (Å²) >= 11 is 6.02. The number of hydrogen-bond acceptors (Lipinski definition) is 5. The fourth-order valence-electron chi connectivity index (χ4n) is 3.37. The van der Waals surface area contributed by atoms with Crippen molar-refractivity contribution in [2.45, 2.75) is 31.5 Å². The molecular weight excluding hydrogens is 435 g/mol. The second-order valence-corrected chi connectivity index (χ2v) is 8.03. The van der Waals surface area contributed by atoms with Crippen molar-refractivity contribution in [3.05, 3.63) is 46.7 Å². The lowest BCUT2D eigenvalue weighted by molar-refractivity contribution is -0.137. The molecule has 0 unspecified atom stereocenters. The predicted molar refractivity (Wildman–Crippen MR) is 108 cm³/mol. The number of anilines is 2. The minimum Gasteiger partial charge on any atom is -0.353 e. The van der Waals surface area contributed by atoms with Crippen molar-refractivity contribution in [3.8, 4) is 0 Å². The summed E-state index contributed by atoms with van der Waals surface area (Å²) in [6.45, 7) is 0.849. The zero-order valence-electron chi connectivity index (χ0n) is 16.2. The molecule has 2 N–H and O–H groups in total. The number of nitrogens with one attached hydrogen (secondary N) is 2. The third-order valence-electron chi connectivity index (χ3n) is 5.19. The molecule has 1 aliphatic carbocycles. The quantitative estimate of drug-likeness (QED) is 0.723. The molecule has 0 aromatic carbocycles. The summed E-state index contributed by atoms with van der Waals surface area (Å²) in [5, 5.41) is 5.50. The van der Waals surface area contributed by atoms with Crippen LogP contribution < -0.4 is 15.5 Å². The van der Waals surface area contributed by atoms with Crippen LogP contribution in [-0.4, -0.2) is 40.9 Å². The highest BCUT2D eigenvalue weighted by atomic mass is 35.5. The summed E-state index contributed by atoms with van der Waals surface area (Å²) < 4.78 is 38.4. The molecule has 2 amide bonds. The number of nitrogens with zero attached hydrogens (tertiary/aromatic N) is 3. The lowest BCUT2D eigenvalue weighted by Crippen LogP contribution is -2.37. The summed E-state index contributed by atoms with van der Waals surface area (Å²) in [6.07, 6.45) is -0.00481. The summed E-state index contributed by atoms with van der Waals surface area (Å²) in [7, 11) is 0. The van der Waals surface area contributed by atoms with Crippen molar-refractivity contribution < 1.29 is 22.8 Å². The topological polar surface area (TPSA) is 87.2 Å². The minimum atomic E-state index is -4.52. The number of rotatable bonds is 5. The van der Waals surface area contributed by atoms with E-state index in [1.54, 1.807) is 11.0 Å². The SMILES string of the molecule is O=C(N[C@@H]1CCN(c2ncc(C(F)(F)F)cc2Cl)C1)c1ccnc(NC(=O)C2CC2)c1. The molecule has 164 valence electrons. The molecule has 31 heavy (non-hydrogen) atoms. The zero-order valence-corrected chi connectivity index (χ0v) is 17.0. The maximum absolute atomic E-state index is 12.8. The number of carbonyl (C=O) groups excluding carboxylic acids is 2. The summed E-state index contributed by atoms with van der Waals surface area (Å²) in [4.78, 5) is 34.2. The molecular formula is C20H19ClF3N5O2. The Hall–Kier alpha value is -2.88. The van der Waals surface area contributed by atoms with Crippen molar-refractivity contribution in [2.24, 2.45) is 5.92 Å². The summed E-state index contributed by atoms with van der Waals surface area (Å²) in [5.74, 6) is 0.160. The van der Waals surface area contributed by atoms with Gasteiger partial charge in [0, 0.05) is 43.0 Å². The Morgan fingerprint density at radius 1 is 1.16 bits per heavy atom. The van der Waals surface area contributed by atoms with Crippen LogP contribution in [0.5, 0.6) is 0 Å². The summed E-state index contributed by atoms with van der Waals surface area (Å²) in [5.41, 5.74) is -0.558. The van der Waals surface area contributed by atoms with Crippen LogP contribution in [0.2, 0.25) is 5.02 Å². The first kappa shape index (κ1) is 21.4. The number of alkyl halides is 3. The van der Waals surface area contributed by atoms with Crippen molar-refractivity contribution in [1.29, 1.82) is 0 Å². The first-order valence-electron chi connectivity index (χ1n) is 9.76. The molecule has 0 bridgehead atoms. The molecule has 1 saturated carbocycles. The van der Waals surface area contributed by atoms with Crippen molar-refractivity contribution >= 4 is 35.1 Å². The van der Waals surface area contributed by atoms with Crippen molar-refractivity contribution in [1.82, 2.24) is 15.3 Å². The van der Waals surface area contributed by atoms with Crippen LogP contribution in [0, 0.1) is 5.92 Å². The van der Waals surface area contributed by atoms with Gasteiger partial charge in [0.2, 0.25) is 5.91 Å². The lowest BCUT2D eigenvalue weighted by Gasteiger charge is -2.20. The highest BCUT2D eigenvalue weighted by molar-refractivity contribution is 6.33. The fraction of sp³-hybridized carbons (Fsp3) is 0.400. The van der Waals surface area contributed by atoms with E-state index in [1.807, 2.05) is 0 Å². The highest BCUT2D eigenvalue weighted by Crippen LogP contribution is 2.34. The van der Waals surface area contributed by atoms with Gasteiger partial charge in [0.05, 0.1) is 10.6 Å². The molecule has 0 spiro atoms. The molecule has 11 heteroatoms. The van der Waals surface area contributed by atoms with E-state index in [-0.39, 0.29) is 34.6 Å². The van der Waals surface area contributed by atoms with Gasteiger partial charge in [-0.2, -0.15) is 13.2 Å². The van der Waals surface area contributed by atoms with Crippen LogP contribution in [0.4, 0.5) is 24.8 Å². The summed E-state index contributed by atoms with van der Waals surface area (Å²) in [6, 6.07) is 3.68. The molecule has 3 heterocycles. The third-order valence-corrected chi connectivity index (χ3v) is 5.47. The molecule has 1 saturated heterocycles. The molecule has 4 rings (SSSR count). The Morgan fingerprint density at radius 2 is 1.94 bits per heavy atom. The van der Waals surface area contributed by atoms with Gasteiger partial charge in [0.1, 0.15) is 11.6 Å². The van der Waals surface area contributed by atoms with Gasteiger partial charge >= 0.3 is 6.18 Å². The van der Waals surface area contributed by atoms with Gasteiger partial charge < -0.3 is 15.5 Å². The molecule has 2 aromatic rings. The molecule has 2 fully saturated rings. The molecule has 1 aliphatic heterocycles. The Labute approximate surface area is 181 Å². The van der Waals surface area contributed by atoms with E-state index in [0.29, 0.717) is 30.9 Å². The molecule has 7 nitrogen and oxygen atoms in total. The first-order chi connectivity index (χ1) is 14.7. The lowest BCUT2D eigenvalue weighted by atomic mass is 10.2. The number of aromatic nitrogens is 2. The van der Waals surface area contributed by atoms with Crippen LogP contribution in [-0.2, 0) is 11.0 Å². The Kier molecular flexibility index (Phi) is 5.74. The van der Waals surface area contributed by atoms with Gasteiger partial charge in [-0.3, -0.25) is 9.59 Å². The number of carbonyl (C=O) groups is 2. The Morgan fingerprint density at radius 3 is 2.61 bits per heavy atom. The zero-order chi connectivity index (χ0) is 22.2. The largest absolute Gasteiger partial charge is 0.417 e. The van der Waals surface area contributed by atoms with Gasteiger partial charge in [-0.15, -0.1) is 0 Å². The van der Waals surface area contributed by atoms with Crippen LogP contribution >= 0.6 is 11.6 Å². The van der Waals surface area contributed by atoms with Gasteiger partial charge in [0.25, 0.3) is 5.91 Å². The Bertz CT molecular complexity index is 1010. The predicted octanol–water partition coefficient (Wildman–Crippen LogP) is 3.51. The number of pyridine rings is 2. The average molecular weight is 454 g/mol. The van der Waals surface area contributed by atoms with E-state index in [2.05, 4.69) is 20.6 Å². The fourth-order valence-corrected chi connectivity index (χ4v) is 3.66. The van der Waals surface area contributed by atoms with Gasteiger partial charge in [0.15, 0.2) is 0 Å². The van der Waals surface area contributed by atoms with Crippen LogP contribution in [0.1, 0.15) is 35.2 Å². The molecule has 0 radical (unpaired) electrons. The average Bonchev–Trinajstić information content (AvgIpc) is 3.47. The van der Waals surface area contributed by atoms with E-state index in [0.717, 1.165) is 25.1 Å². The molecule has 1 atom stereocenters. The van der Waals surface area contributed by atoms with Gasteiger partial charge in [-0.25, -0.2) is 9.97 Å². The van der Waals surface area contributed by atoms with Crippen LogP contribution in [0.3, 0.4) is 0 Å². The van der Waals surface area contributed by atoms with E-state index in [1.165, 1.54) is 12.3 Å². The van der Waals surface area contributed by atoms with E-state index in [9.17, 15) is 22.8 Å². The second-order valence-electron chi connectivity index (χ2n) is 7.63. The standard InChI is InChI=1S/C20H19ClF3N5O2/c21-15-8-13(20(22,23)24)9-26-17(15)29-6-4-14(10-29)27-19(31)12-3-5-25-16(7-12)28-18(30)11-1-2-11/h3,5,7-9,11,14H,1-2,4,6,10H2,(H,27,31)(H,25,28,30)/t14-/m1/s1. The normalized spacial score (nSPS) is 18.7.